The number of aliphatic hydroxyl groups excluding tert-OH is 2. The Balaban J connectivity index is 2.78. The van der Waals surface area contributed by atoms with Gasteiger partial charge in [-0.1, -0.05) is 0 Å². The lowest BCUT2D eigenvalue weighted by Crippen LogP contribution is -2.40. The molecule has 3 unspecified atom stereocenters. The van der Waals surface area contributed by atoms with Crippen LogP contribution in [0.4, 0.5) is 4.39 Å². The Hall–Kier alpha value is -1.14. The lowest BCUT2D eigenvalue weighted by molar-refractivity contribution is -0.159. The van der Waals surface area contributed by atoms with Gasteiger partial charge in [-0.3, -0.25) is 0 Å². The largest absolute Gasteiger partial charge is 0.463 e. The number of ether oxygens (including phenoxy) is 2. The van der Waals surface area contributed by atoms with Crippen LogP contribution in [0.25, 0.3) is 0 Å². The van der Waals surface area contributed by atoms with Crippen LogP contribution in [0, 0.1) is 0 Å². The Morgan fingerprint density at radius 1 is 1.69 bits per heavy atom. The van der Waals surface area contributed by atoms with E-state index in [0.717, 1.165) is 13.2 Å². The molecule has 0 amide bonds. The van der Waals surface area contributed by atoms with Crippen molar-refractivity contribution >= 4 is 5.97 Å². The molecule has 2 N–H and O–H groups in total. The van der Waals surface area contributed by atoms with Crippen LogP contribution in [-0.4, -0.2) is 41.9 Å². The Morgan fingerprint density at radius 2 is 2.31 bits per heavy atom. The smallest absolute Gasteiger partial charge is 0.373 e. The highest BCUT2D eigenvalue weighted by atomic mass is 19.1. The molecule has 74 valence electrons. The van der Waals surface area contributed by atoms with E-state index in [1.807, 2.05) is 0 Å². The molecule has 0 aromatic heterocycles. The zero-order valence-corrected chi connectivity index (χ0v) is 6.81. The maximum atomic E-state index is 12.7. The second-order valence-electron chi connectivity index (χ2n) is 2.47. The van der Waals surface area contributed by atoms with E-state index in [1.165, 1.54) is 0 Å². The third kappa shape index (κ3) is 1.96. The molecule has 0 aromatic rings. The van der Waals surface area contributed by atoms with Gasteiger partial charge in [0.1, 0.15) is 6.10 Å². The molecule has 0 saturated heterocycles. The first-order valence-corrected chi connectivity index (χ1v) is 3.53. The number of aliphatic hydroxyl groups is 2. The van der Waals surface area contributed by atoms with E-state index in [-0.39, 0.29) is 0 Å². The average Bonchev–Trinajstić information content (AvgIpc) is 2.12. The van der Waals surface area contributed by atoms with Gasteiger partial charge >= 0.3 is 5.97 Å². The molecule has 13 heavy (non-hydrogen) atoms. The lowest BCUT2D eigenvalue weighted by Gasteiger charge is -2.25. The molecule has 6 heteroatoms. The number of hydrogen-bond donors (Lipinski definition) is 2. The number of carbonyl (C=O) groups is 1. The molecule has 1 aliphatic rings. The minimum absolute atomic E-state index is 0.437. The summed E-state index contributed by atoms with van der Waals surface area (Å²) in [5.41, 5.74) is 0. The standard InChI is InChI=1S/C7H9FO5/c1-12-7(11)4-2-3(9)5(10)6(8)13-4/h2-3,5-6,9-10H,1H3. The van der Waals surface area contributed by atoms with Crippen molar-refractivity contribution in [2.75, 3.05) is 7.11 Å². The molecule has 0 fully saturated rings. The predicted octanol–water partition coefficient (Wildman–Crippen LogP) is -0.909. The quantitative estimate of drug-likeness (QED) is 0.526. The van der Waals surface area contributed by atoms with E-state index in [2.05, 4.69) is 9.47 Å². The highest BCUT2D eigenvalue weighted by Crippen LogP contribution is 2.19. The van der Waals surface area contributed by atoms with Crippen molar-refractivity contribution in [1.82, 2.24) is 0 Å². The summed E-state index contributed by atoms with van der Waals surface area (Å²) in [4.78, 5) is 10.8. The number of halogens is 1. The number of alkyl halides is 1. The van der Waals surface area contributed by atoms with Gasteiger partial charge in [0.2, 0.25) is 5.76 Å². The molecule has 0 aromatic carbocycles. The molecule has 0 spiro atoms. The van der Waals surface area contributed by atoms with Crippen molar-refractivity contribution in [3.63, 3.8) is 0 Å². The molecule has 1 heterocycles. The highest BCUT2D eigenvalue weighted by Gasteiger charge is 2.34. The van der Waals surface area contributed by atoms with Crippen LogP contribution in [0.15, 0.2) is 11.8 Å². The van der Waals surface area contributed by atoms with Gasteiger partial charge in [-0.15, -0.1) is 0 Å². The first-order chi connectivity index (χ1) is 6.06. The van der Waals surface area contributed by atoms with Crippen LogP contribution in [0.1, 0.15) is 0 Å². The van der Waals surface area contributed by atoms with Crippen LogP contribution in [-0.2, 0) is 14.3 Å². The third-order valence-electron chi connectivity index (χ3n) is 1.57. The van der Waals surface area contributed by atoms with Gasteiger partial charge < -0.3 is 19.7 Å². The van der Waals surface area contributed by atoms with Crippen molar-refractivity contribution in [2.45, 2.75) is 18.6 Å². The summed E-state index contributed by atoms with van der Waals surface area (Å²) in [7, 11) is 1.09. The second-order valence-corrected chi connectivity index (χ2v) is 2.47. The molecular weight excluding hydrogens is 183 g/mol. The van der Waals surface area contributed by atoms with Gasteiger partial charge in [-0.05, 0) is 6.08 Å². The Morgan fingerprint density at radius 3 is 2.77 bits per heavy atom. The molecule has 1 rings (SSSR count). The van der Waals surface area contributed by atoms with Crippen LogP contribution in [0.3, 0.4) is 0 Å². The number of rotatable bonds is 1. The first kappa shape index (κ1) is 9.94. The minimum atomic E-state index is -2.12. The molecule has 1 aliphatic heterocycles. The van der Waals surface area contributed by atoms with Gasteiger partial charge in [0.25, 0.3) is 6.36 Å². The van der Waals surface area contributed by atoms with Crippen LogP contribution in [0.2, 0.25) is 0 Å². The van der Waals surface area contributed by atoms with E-state index in [4.69, 9.17) is 10.2 Å². The van der Waals surface area contributed by atoms with Gasteiger partial charge in [0.05, 0.1) is 7.11 Å². The molecule has 0 radical (unpaired) electrons. The Labute approximate surface area is 73.4 Å². The maximum absolute atomic E-state index is 12.7. The van der Waals surface area contributed by atoms with Crippen molar-refractivity contribution in [1.29, 1.82) is 0 Å². The molecule has 3 atom stereocenters. The van der Waals surface area contributed by atoms with Gasteiger partial charge in [-0.2, -0.15) is 4.39 Å². The van der Waals surface area contributed by atoms with E-state index >= 15 is 0 Å². The molecule has 0 saturated carbocycles. The summed E-state index contributed by atoms with van der Waals surface area (Å²) in [5, 5.41) is 17.9. The summed E-state index contributed by atoms with van der Waals surface area (Å²) in [6, 6.07) is 0. The predicted molar refractivity (Wildman–Crippen MR) is 38.1 cm³/mol. The molecule has 5 nitrogen and oxygen atoms in total. The van der Waals surface area contributed by atoms with Gasteiger partial charge in [-0.25, -0.2) is 4.79 Å². The second kappa shape index (κ2) is 3.71. The maximum Gasteiger partial charge on any atom is 0.373 e. The number of methoxy groups -OCH3 is 1. The van der Waals surface area contributed by atoms with Crippen molar-refractivity contribution in [3.8, 4) is 0 Å². The third-order valence-corrected chi connectivity index (χ3v) is 1.57. The fraction of sp³-hybridized carbons (Fsp3) is 0.571. The van der Waals surface area contributed by atoms with Gasteiger partial charge in [0.15, 0.2) is 6.10 Å². The van der Waals surface area contributed by atoms with Crippen LogP contribution in [0.5, 0.6) is 0 Å². The fourth-order valence-electron chi connectivity index (χ4n) is 0.856. The van der Waals surface area contributed by atoms with E-state index < -0.39 is 30.3 Å². The lowest BCUT2D eigenvalue weighted by atomic mass is 10.1. The van der Waals surface area contributed by atoms with Crippen molar-refractivity contribution in [2.24, 2.45) is 0 Å². The topological polar surface area (TPSA) is 76.0 Å². The summed E-state index contributed by atoms with van der Waals surface area (Å²) < 4.78 is 21.3. The molecular formula is C7H9FO5. The van der Waals surface area contributed by atoms with Crippen molar-refractivity contribution < 1.29 is 28.9 Å². The molecule has 0 bridgehead atoms. The number of esters is 1. The summed E-state index contributed by atoms with van der Waals surface area (Å²) in [5.74, 6) is -1.33. The van der Waals surface area contributed by atoms with Crippen LogP contribution < -0.4 is 0 Å². The number of carbonyl (C=O) groups excluding carboxylic acids is 1. The fourth-order valence-corrected chi connectivity index (χ4v) is 0.856. The zero-order valence-electron chi connectivity index (χ0n) is 6.81. The summed E-state index contributed by atoms with van der Waals surface area (Å²) >= 11 is 0. The highest BCUT2D eigenvalue weighted by molar-refractivity contribution is 5.86. The van der Waals surface area contributed by atoms with E-state index in [9.17, 15) is 9.18 Å². The summed E-state index contributed by atoms with van der Waals surface area (Å²) in [6.45, 7) is 0. The minimum Gasteiger partial charge on any atom is -0.463 e. The summed E-state index contributed by atoms with van der Waals surface area (Å²) in [6.07, 6.45) is -4.35. The molecule has 0 aliphatic carbocycles. The van der Waals surface area contributed by atoms with E-state index in [1.54, 1.807) is 0 Å². The Kier molecular flexibility index (Phi) is 2.84. The van der Waals surface area contributed by atoms with Crippen LogP contribution >= 0.6 is 0 Å². The monoisotopic (exact) mass is 192 g/mol. The normalized spacial score (nSPS) is 33.2. The van der Waals surface area contributed by atoms with Crippen molar-refractivity contribution in [3.05, 3.63) is 11.8 Å². The van der Waals surface area contributed by atoms with E-state index in [0.29, 0.717) is 0 Å². The number of hydrogen-bond acceptors (Lipinski definition) is 5. The average molecular weight is 192 g/mol. The Bertz CT molecular complexity index is 239. The SMILES string of the molecule is COC(=O)C1=CC(O)C(O)C(F)O1. The zero-order chi connectivity index (χ0) is 10.0. The first-order valence-electron chi connectivity index (χ1n) is 3.53. The van der Waals surface area contributed by atoms with Gasteiger partial charge in [0, 0.05) is 0 Å².